The Morgan fingerprint density at radius 2 is 2.11 bits per heavy atom. The van der Waals surface area contributed by atoms with E-state index in [-0.39, 0.29) is 11.9 Å². The molecule has 0 aliphatic carbocycles. The van der Waals surface area contributed by atoms with E-state index in [2.05, 4.69) is 30.4 Å². The molecule has 140 valence electrons. The Morgan fingerprint density at radius 3 is 2.93 bits per heavy atom. The Bertz CT molecular complexity index is 899. The zero-order valence-electron chi connectivity index (χ0n) is 15.6. The number of amides is 1. The minimum atomic E-state index is 0.0562. The molecule has 2 aliphatic rings. The van der Waals surface area contributed by atoms with Crippen LogP contribution in [0.1, 0.15) is 22.7 Å². The molecule has 2 aliphatic heterocycles. The third-order valence-corrected chi connectivity index (χ3v) is 5.66. The number of anilines is 1. The van der Waals surface area contributed by atoms with Gasteiger partial charge in [0.05, 0.1) is 19.7 Å². The molecule has 1 N–H and O–H groups in total. The fourth-order valence-corrected chi connectivity index (χ4v) is 4.18. The zero-order valence-corrected chi connectivity index (χ0v) is 16.4. The number of piperazine rings is 1. The van der Waals surface area contributed by atoms with Gasteiger partial charge in [0.15, 0.2) is 5.11 Å². The number of nitrogens with zero attached hydrogens (tertiary/aromatic N) is 2. The number of nitrogens with one attached hydrogen (secondary N) is 1. The lowest BCUT2D eigenvalue weighted by Crippen LogP contribution is -2.56. The van der Waals surface area contributed by atoms with E-state index < -0.39 is 0 Å². The fraction of sp³-hybridized carbons (Fsp3) is 0.333. The maximum atomic E-state index is 12.7. The number of benzene rings is 2. The van der Waals surface area contributed by atoms with Gasteiger partial charge in [-0.2, -0.15) is 0 Å². The van der Waals surface area contributed by atoms with Crippen LogP contribution in [0.4, 0.5) is 5.69 Å². The predicted molar refractivity (Wildman–Crippen MR) is 110 cm³/mol. The summed E-state index contributed by atoms with van der Waals surface area (Å²) in [5.74, 6) is 0.896. The van der Waals surface area contributed by atoms with Crippen LogP contribution in [0.5, 0.6) is 5.75 Å². The van der Waals surface area contributed by atoms with Gasteiger partial charge in [-0.1, -0.05) is 29.8 Å². The second-order valence-corrected chi connectivity index (χ2v) is 7.48. The van der Waals surface area contributed by atoms with E-state index >= 15 is 0 Å². The summed E-state index contributed by atoms with van der Waals surface area (Å²) >= 11 is 5.60. The highest BCUT2D eigenvalue weighted by Gasteiger charge is 2.37. The zero-order chi connectivity index (χ0) is 19.0. The Morgan fingerprint density at radius 1 is 1.26 bits per heavy atom. The topological polar surface area (TPSA) is 44.8 Å². The molecule has 0 bridgehead atoms. The summed E-state index contributed by atoms with van der Waals surface area (Å²) in [6.45, 7) is 3.91. The molecule has 4 rings (SSSR count). The highest BCUT2D eigenvalue weighted by Crippen LogP contribution is 2.33. The van der Waals surface area contributed by atoms with Gasteiger partial charge in [-0.3, -0.25) is 4.79 Å². The number of aryl methyl sites for hydroxylation is 1. The third kappa shape index (κ3) is 3.49. The first kappa shape index (κ1) is 17.8. The van der Waals surface area contributed by atoms with Crippen molar-refractivity contribution in [3.8, 4) is 5.75 Å². The largest absolute Gasteiger partial charge is 0.497 e. The van der Waals surface area contributed by atoms with Crippen molar-refractivity contribution in [3.63, 3.8) is 0 Å². The molecule has 2 aromatic rings. The van der Waals surface area contributed by atoms with Gasteiger partial charge in [0.1, 0.15) is 5.75 Å². The maximum absolute atomic E-state index is 12.7. The molecule has 0 aromatic heterocycles. The number of carbonyl (C=O) groups is 1. The molecule has 1 amide bonds. The van der Waals surface area contributed by atoms with Crippen molar-refractivity contribution in [1.29, 1.82) is 0 Å². The lowest BCUT2D eigenvalue weighted by Gasteiger charge is -2.45. The van der Waals surface area contributed by atoms with Crippen molar-refractivity contribution in [1.82, 2.24) is 9.80 Å². The van der Waals surface area contributed by atoms with Crippen LogP contribution < -0.4 is 10.1 Å². The van der Waals surface area contributed by atoms with Crippen molar-refractivity contribution in [2.75, 3.05) is 32.1 Å². The van der Waals surface area contributed by atoms with E-state index in [9.17, 15) is 4.79 Å². The van der Waals surface area contributed by atoms with Crippen LogP contribution in [0.2, 0.25) is 0 Å². The summed E-state index contributed by atoms with van der Waals surface area (Å²) < 4.78 is 5.26. The third-order valence-electron chi connectivity index (χ3n) is 5.30. The molecule has 0 saturated carbocycles. The molecule has 1 saturated heterocycles. The minimum absolute atomic E-state index is 0.0562. The van der Waals surface area contributed by atoms with Gasteiger partial charge >= 0.3 is 0 Å². The van der Waals surface area contributed by atoms with Crippen LogP contribution >= 0.6 is 12.2 Å². The summed E-state index contributed by atoms with van der Waals surface area (Å²) in [4.78, 5) is 16.7. The minimum Gasteiger partial charge on any atom is -0.497 e. The van der Waals surface area contributed by atoms with E-state index in [1.807, 2.05) is 34.1 Å². The molecule has 1 fully saturated rings. The molecular formula is C21H23N3O2S. The summed E-state index contributed by atoms with van der Waals surface area (Å²) in [6.07, 6.45) is 0.922. The number of ether oxygens (including phenoxy) is 1. The monoisotopic (exact) mass is 381 g/mol. The normalized spacial score (nSPS) is 18.6. The second kappa shape index (κ2) is 7.19. The molecule has 5 nitrogen and oxygen atoms in total. The molecule has 1 unspecified atom stereocenters. The number of rotatable bonds is 2. The van der Waals surface area contributed by atoms with Crippen molar-refractivity contribution in [2.45, 2.75) is 19.4 Å². The maximum Gasteiger partial charge on any atom is 0.242 e. The van der Waals surface area contributed by atoms with Gasteiger partial charge in [0, 0.05) is 24.8 Å². The molecule has 2 aromatic carbocycles. The number of fused-ring (bicyclic) bond motifs is 3. The van der Waals surface area contributed by atoms with E-state index in [0.717, 1.165) is 24.4 Å². The van der Waals surface area contributed by atoms with E-state index in [1.165, 1.54) is 16.7 Å². The van der Waals surface area contributed by atoms with Crippen LogP contribution in [-0.4, -0.2) is 47.6 Å². The Balaban J connectivity index is 1.54. The number of methoxy groups -OCH3 is 1. The Labute approximate surface area is 164 Å². The molecule has 2 heterocycles. The quantitative estimate of drug-likeness (QED) is 0.810. The number of thiocarbonyl (C=S) groups is 1. The summed E-state index contributed by atoms with van der Waals surface area (Å²) in [5.41, 5.74) is 4.71. The fourth-order valence-electron chi connectivity index (χ4n) is 3.92. The lowest BCUT2D eigenvalue weighted by molar-refractivity contribution is -0.138. The van der Waals surface area contributed by atoms with E-state index in [1.54, 1.807) is 7.11 Å². The molecule has 27 heavy (non-hydrogen) atoms. The van der Waals surface area contributed by atoms with Crippen molar-refractivity contribution in [3.05, 3.63) is 59.2 Å². The van der Waals surface area contributed by atoms with Crippen LogP contribution in [0.3, 0.4) is 0 Å². The molecule has 0 radical (unpaired) electrons. The van der Waals surface area contributed by atoms with Crippen LogP contribution in [0, 0.1) is 6.92 Å². The smallest absolute Gasteiger partial charge is 0.242 e. The standard InChI is InChI=1S/C21H23N3O2S/c1-14-6-7-18-15(10-14)8-9-24-19(18)12-23(13-20(24)25)21(27)22-16-4-3-5-17(11-16)26-2/h3-7,10-11,19H,8-9,12-13H2,1-2H3,(H,22,27). The van der Waals surface area contributed by atoms with Gasteiger partial charge in [0.25, 0.3) is 0 Å². The average molecular weight is 382 g/mol. The van der Waals surface area contributed by atoms with Gasteiger partial charge in [-0.05, 0) is 48.8 Å². The highest BCUT2D eigenvalue weighted by molar-refractivity contribution is 7.80. The van der Waals surface area contributed by atoms with Gasteiger partial charge < -0.3 is 19.9 Å². The lowest BCUT2D eigenvalue weighted by atomic mass is 9.89. The number of carbonyl (C=O) groups excluding carboxylic acids is 1. The Hall–Kier alpha value is -2.60. The first-order valence-electron chi connectivity index (χ1n) is 9.14. The summed E-state index contributed by atoms with van der Waals surface area (Å²) in [5, 5.41) is 3.81. The number of hydrogen-bond acceptors (Lipinski definition) is 3. The molecule has 0 spiro atoms. The summed E-state index contributed by atoms with van der Waals surface area (Å²) in [6, 6.07) is 14.2. The van der Waals surface area contributed by atoms with Crippen LogP contribution in [-0.2, 0) is 11.2 Å². The highest BCUT2D eigenvalue weighted by atomic mass is 32.1. The van der Waals surface area contributed by atoms with Gasteiger partial charge in [-0.25, -0.2) is 0 Å². The first-order chi connectivity index (χ1) is 13.0. The number of hydrogen-bond donors (Lipinski definition) is 1. The second-order valence-electron chi connectivity index (χ2n) is 7.10. The van der Waals surface area contributed by atoms with Gasteiger partial charge in [-0.15, -0.1) is 0 Å². The van der Waals surface area contributed by atoms with Crippen molar-refractivity contribution < 1.29 is 9.53 Å². The van der Waals surface area contributed by atoms with Crippen molar-refractivity contribution in [2.24, 2.45) is 0 Å². The van der Waals surface area contributed by atoms with Gasteiger partial charge in [0.2, 0.25) is 5.91 Å². The van der Waals surface area contributed by atoms with E-state index in [4.69, 9.17) is 17.0 Å². The Kier molecular flexibility index (Phi) is 4.74. The van der Waals surface area contributed by atoms with E-state index in [0.29, 0.717) is 18.2 Å². The summed E-state index contributed by atoms with van der Waals surface area (Å²) in [7, 11) is 1.64. The van der Waals surface area contributed by atoms with Crippen molar-refractivity contribution >= 4 is 28.9 Å². The SMILES string of the molecule is COc1cccc(NC(=S)N2CC(=O)N3CCc4cc(C)ccc4C3C2)c1. The molecule has 1 atom stereocenters. The molecule has 6 heteroatoms. The van der Waals surface area contributed by atoms with Crippen LogP contribution in [0.15, 0.2) is 42.5 Å². The molecular weight excluding hydrogens is 358 g/mol. The van der Waals surface area contributed by atoms with Crippen LogP contribution in [0.25, 0.3) is 0 Å². The average Bonchev–Trinajstić information content (AvgIpc) is 2.67. The predicted octanol–water partition coefficient (Wildman–Crippen LogP) is 3.14. The first-order valence-corrected chi connectivity index (χ1v) is 9.55.